The molecule has 2 heterocycles. The molecule has 2 rings (SSSR count). The number of nitrogens with zero attached hydrogens (tertiary/aromatic N) is 4. The molecule has 6 nitrogen and oxygen atoms in total. The first-order chi connectivity index (χ1) is 8.19. The Labute approximate surface area is 106 Å². The van der Waals surface area contributed by atoms with Gasteiger partial charge in [0, 0.05) is 11.8 Å². The molecule has 8 heteroatoms. The Hall–Kier alpha value is -1.67. The molecule has 0 spiro atoms. The highest BCUT2D eigenvalue weighted by Gasteiger charge is 2.05. The lowest BCUT2D eigenvalue weighted by atomic mass is 10.3. The van der Waals surface area contributed by atoms with E-state index in [4.69, 9.17) is 10.9 Å². The SMILES string of the molecule is Cc1nsc(Sc2ccc(C(N)=NO)cn2)n1. The van der Waals surface area contributed by atoms with Gasteiger partial charge in [0.2, 0.25) is 0 Å². The van der Waals surface area contributed by atoms with E-state index in [1.807, 2.05) is 6.92 Å². The number of aromatic nitrogens is 3. The number of amidine groups is 1. The van der Waals surface area contributed by atoms with E-state index >= 15 is 0 Å². The molecule has 0 atom stereocenters. The molecule has 3 N–H and O–H groups in total. The summed E-state index contributed by atoms with van der Waals surface area (Å²) in [4.78, 5) is 8.40. The third-order valence-electron chi connectivity index (χ3n) is 1.84. The van der Waals surface area contributed by atoms with Gasteiger partial charge in [-0.3, -0.25) is 0 Å². The van der Waals surface area contributed by atoms with Gasteiger partial charge in [0.15, 0.2) is 10.2 Å². The number of pyridine rings is 1. The summed E-state index contributed by atoms with van der Waals surface area (Å²) < 4.78 is 4.92. The van der Waals surface area contributed by atoms with Crippen LogP contribution in [0.2, 0.25) is 0 Å². The van der Waals surface area contributed by atoms with E-state index in [0.29, 0.717) is 5.56 Å². The average Bonchev–Trinajstić information content (AvgIpc) is 2.75. The van der Waals surface area contributed by atoms with E-state index in [0.717, 1.165) is 15.2 Å². The summed E-state index contributed by atoms with van der Waals surface area (Å²) in [5.41, 5.74) is 6.01. The Balaban J connectivity index is 2.13. The Kier molecular flexibility index (Phi) is 3.55. The summed E-state index contributed by atoms with van der Waals surface area (Å²) in [6.45, 7) is 1.84. The first kappa shape index (κ1) is 11.8. The minimum atomic E-state index is 0.0424. The Morgan fingerprint density at radius 3 is 2.88 bits per heavy atom. The van der Waals surface area contributed by atoms with E-state index in [9.17, 15) is 0 Å². The molecule has 17 heavy (non-hydrogen) atoms. The zero-order valence-corrected chi connectivity index (χ0v) is 10.5. The van der Waals surface area contributed by atoms with Crippen molar-refractivity contribution in [3.63, 3.8) is 0 Å². The molecule has 0 fully saturated rings. The Morgan fingerprint density at radius 1 is 1.53 bits per heavy atom. The summed E-state index contributed by atoms with van der Waals surface area (Å²) in [6.07, 6.45) is 1.55. The molecule has 0 saturated carbocycles. The number of hydrogen-bond acceptors (Lipinski definition) is 7. The largest absolute Gasteiger partial charge is 0.409 e. The molecule has 0 saturated heterocycles. The molecule has 0 radical (unpaired) electrons. The highest BCUT2D eigenvalue weighted by molar-refractivity contribution is 8.00. The number of rotatable bonds is 3. The summed E-state index contributed by atoms with van der Waals surface area (Å²) in [5, 5.41) is 12.2. The predicted molar refractivity (Wildman–Crippen MR) is 65.5 cm³/mol. The number of oxime groups is 1. The van der Waals surface area contributed by atoms with Crippen LogP contribution in [0.25, 0.3) is 0 Å². The summed E-state index contributed by atoms with van der Waals surface area (Å²) in [6, 6.07) is 3.52. The third-order valence-corrected chi connectivity index (χ3v) is 3.63. The van der Waals surface area contributed by atoms with Crippen LogP contribution >= 0.6 is 23.3 Å². The van der Waals surface area contributed by atoms with Crippen molar-refractivity contribution < 1.29 is 5.21 Å². The van der Waals surface area contributed by atoms with Crippen LogP contribution in [0.3, 0.4) is 0 Å². The third kappa shape index (κ3) is 2.92. The topological polar surface area (TPSA) is 97.3 Å². The quantitative estimate of drug-likeness (QED) is 0.378. The number of aryl methyl sites for hydroxylation is 1. The van der Waals surface area contributed by atoms with Crippen LogP contribution in [0.5, 0.6) is 0 Å². The van der Waals surface area contributed by atoms with Crippen molar-refractivity contribution >= 4 is 29.1 Å². The van der Waals surface area contributed by atoms with Crippen molar-refractivity contribution in [3.8, 4) is 0 Å². The van der Waals surface area contributed by atoms with Gasteiger partial charge < -0.3 is 10.9 Å². The first-order valence-electron chi connectivity index (χ1n) is 4.61. The second-order valence-electron chi connectivity index (χ2n) is 3.08. The van der Waals surface area contributed by atoms with E-state index in [-0.39, 0.29) is 5.84 Å². The van der Waals surface area contributed by atoms with E-state index in [1.165, 1.54) is 23.3 Å². The van der Waals surface area contributed by atoms with Gasteiger partial charge in [0.1, 0.15) is 10.9 Å². The maximum Gasteiger partial charge on any atom is 0.176 e. The highest BCUT2D eigenvalue weighted by Crippen LogP contribution is 2.27. The lowest BCUT2D eigenvalue weighted by molar-refractivity contribution is 0.318. The molecular formula is C9H9N5OS2. The van der Waals surface area contributed by atoms with Gasteiger partial charge in [-0.15, -0.1) is 0 Å². The lowest BCUT2D eigenvalue weighted by Crippen LogP contribution is -2.13. The second-order valence-corrected chi connectivity index (χ2v) is 5.10. The predicted octanol–water partition coefficient (Wildman–Crippen LogP) is 1.49. The van der Waals surface area contributed by atoms with Gasteiger partial charge in [-0.05, 0) is 42.4 Å². The molecule has 2 aromatic rings. The van der Waals surface area contributed by atoms with Gasteiger partial charge in [-0.25, -0.2) is 9.97 Å². The monoisotopic (exact) mass is 267 g/mol. The standard InChI is InChI=1S/C9H9N5OS2/c1-5-12-9(17-14-5)16-7-3-2-6(4-11-7)8(10)13-15/h2-4,15H,1H3,(H2,10,13). The molecule has 0 aromatic carbocycles. The fourth-order valence-corrected chi connectivity index (χ4v) is 2.60. The van der Waals surface area contributed by atoms with Gasteiger partial charge in [-0.2, -0.15) is 4.37 Å². The molecule has 0 aliphatic heterocycles. The number of hydrogen-bond donors (Lipinski definition) is 2. The van der Waals surface area contributed by atoms with Crippen LogP contribution in [0.15, 0.2) is 32.9 Å². The maximum atomic E-state index is 8.51. The summed E-state index contributed by atoms with van der Waals surface area (Å²) in [5.74, 6) is 0.798. The molecule has 2 aromatic heterocycles. The smallest absolute Gasteiger partial charge is 0.176 e. The first-order valence-corrected chi connectivity index (χ1v) is 6.20. The summed E-state index contributed by atoms with van der Waals surface area (Å²) in [7, 11) is 0. The second kappa shape index (κ2) is 5.11. The van der Waals surface area contributed by atoms with E-state index < -0.39 is 0 Å². The van der Waals surface area contributed by atoms with Gasteiger partial charge in [-0.1, -0.05) is 5.16 Å². The molecular weight excluding hydrogens is 258 g/mol. The van der Waals surface area contributed by atoms with Crippen LogP contribution in [-0.4, -0.2) is 25.4 Å². The minimum absolute atomic E-state index is 0.0424. The highest BCUT2D eigenvalue weighted by atomic mass is 32.2. The molecule has 0 aliphatic rings. The minimum Gasteiger partial charge on any atom is -0.409 e. The summed E-state index contributed by atoms with van der Waals surface area (Å²) >= 11 is 2.76. The normalized spacial score (nSPS) is 11.7. The fraction of sp³-hybridized carbons (Fsp3) is 0.111. The van der Waals surface area contributed by atoms with Crippen molar-refractivity contribution in [1.29, 1.82) is 0 Å². The molecule has 88 valence electrons. The molecule has 0 bridgehead atoms. The van der Waals surface area contributed by atoms with Crippen molar-refractivity contribution in [2.75, 3.05) is 0 Å². The maximum absolute atomic E-state index is 8.51. The van der Waals surface area contributed by atoms with E-state index in [1.54, 1.807) is 18.3 Å². The fourth-order valence-electron chi connectivity index (χ4n) is 1.06. The van der Waals surface area contributed by atoms with Crippen LogP contribution in [0.1, 0.15) is 11.4 Å². The van der Waals surface area contributed by atoms with Gasteiger partial charge in [0.05, 0.1) is 0 Å². The number of nitrogens with two attached hydrogens (primary N) is 1. The zero-order valence-electron chi connectivity index (χ0n) is 8.86. The van der Waals surface area contributed by atoms with Crippen molar-refractivity contribution in [2.24, 2.45) is 10.9 Å². The lowest BCUT2D eigenvalue weighted by Gasteiger charge is -1.99. The molecule has 0 aliphatic carbocycles. The Bertz CT molecular complexity index is 537. The molecule has 0 amide bonds. The van der Waals surface area contributed by atoms with Crippen molar-refractivity contribution in [2.45, 2.75) is 16.3 Å². The van der Waals surface area contributed by atoms with Crippen LogP contribution in [-0.2, 0) is 0 Å². The van der Waals surface area contributed by atoms with Gasteiger partial charge in [0.25, 0.3) is 0 Å². The van der Waals surface area contributed by atoms with Crippen molar-refractivity contribution in [3.05, 3.63) is 29.7 Å². The Morgan fingerprint density at radius 2 is 2.35 bits per heavy atom. The van der Waals surface area contributed by atoms with Crippen LogP contribution in [0, 0.1) is 6.92 Å². The van der Waals surface area contributed by atoms with Crippen LogP contribution in [0.4, 0.5) is 0 Å². The van der Waals surface area contributed by atoms with Crippen molar-refractivity contribution in [1.82, 2.24) is 14.3 Å². The zero-order chi connectivity index (χ0) is 12.3. The van der Waals surface area contributed by atoms with E-state index in [2.05, 4.69) is 19.5 Å². The molecule has 0 unspecified atom stereocenters. The van der Waals surface area contributed by atoms with Crippen LogP contribution < -0.4 is 5.73 Å². The van der Waals surface area contributed by atoms with Gasteiger partial charge >= 0.3 is 0 Å². The average molecular weight is 267 g/mol.